The number of carboxylic acid groups (broad SMARTS) is 1. The highest BCUT2D eigenvalue weighted by Crippen LogP contribution is 2.28. The Bertz CT molecular complexity index is 696. The minimum Gasteiger partial charge on any atom is -0.481 e. The van der Waals surface area contributed by atoms with E-state index in [-0.39, 0.29) is 18.4 Å². The molecular weight excluding hydrogens is 332 g/mol. The van der Waals surface area contributed by atoms with Crippen LogP contribution in [0.25, 0.3) is 9.88 Å². The standard InChI is InChI=1S/C16H18N2O3S2/c1-10-4-5-11(16(20)21)8-18(10)14(19)7-12-9-23-15(17-12)13-3-2-6-22-13/h2-3,6,9-11H,4-5,7-8H2,1H3,(H,20,21). The monoisotopic (exact) mass is 350 g/mol. The molecule has 1 saturated heterocycles. The van der Waals surface area contributed by atoms with Crippen LogP contribution in [0.15, 0.2) is 22.9 Å². The zero-order valence-electron chi connectivity index (χ0n) is 12.8. The van der Waals surface area contributed by atoms with Crippen molar-refractivity contribution in [2.45, 2.75) is 32.2 Å². The van der Waals surface area contributed by atoms with Gasteiger partial charge in [0.25, 0.3) is 0 Å². The van der Waals surface area contributed by atoms with Crippen LogP contribution in [0.1, 0.15) is 25.5 Å². The second-order valence-corrected chi connectivity index (χ2v) is 7.61. The Morgan fingerprint density at radius 3 is 2.91 bits per heavy atom. The maximum absolute atomic E-state index is 12.5. The first-order chi connectivity index (χ1) is 11.0. The number of carbonyl (C=O) groups is 2. The third kappa shape index (κ3) is 3.61. The SMILES string of the molecule is CC1CCC(C(=O)O)CN1C(=O)Cc1csc(-c2cccs2)n1. The van der Waals surface area contributed by atoms with E-state index in [9.17, 15) is 14.7 Å². The molecule has 5 nitrogen and oxygen atoms in total. The van der Waals surface area contributed by atoms with E-state index >= 15 is 0 Å². The molecule has 3 heterocycles. The van der Waals surface area contributed by atoms with Gasteiger partial charge in [-0.25, -0.2) is 4.98 Å². The maximum Gasteiger partial charge on any atom is 0.308 e. The Hall–Kier alpha value is -1.73. The predicted molar refractivity (Wildman–Crippen MR) is 90.7 cm³/mol. The second-order valence-electron chi connectivity index (χ2n) is 5.81. The number of thiazole rings is 1. The smallest absolute Gasteiger partial charge is 0.308 e. The fourth-order valence-corrected chi connectivity index (χ4v) is 4.45. The van der Waals surface area contributed by atoms with E-state index in [2.05, 4.69) is 4.98 Å². The number of rotatable bonds is 4. The van der Waals surface area contributed by atoms with Crippen LogP contribution in [0.4, 0.5) is 0 Å². The summed E-state index contributed by atoms with van der Waals surface area (Å²) in [7, 11) is 0. The molecule has 2 aromatic rings. The Labute approximate surface area is 142 Å². The first-order valence-electron chi connectivity index (χ1n) is 7.55. The van der Waals surface area contributed by atoms with E-state index < -0.39 is 11.9 Å². The Kier molecular flexibility index (Phi) is 4.77. The minimum absolute atomic E-state index is 0.0357. The summed E-state index contributed by atoms with van der Waals surface area (Å²) in [5.74, 6) is -1.30. The van der Waals surface area contributed by atoms with Crippen LogP contribution in [0, 0.1) is 5.92 Å². The van der Waals surface area contributed by atoms with Crippen LogP contribution >= 0.6 is 22.7 Å². The van der Waals surface area contributed by atoms with Crippen LogP contribution in [0.5, 0.6) is 0 Å². The van der Waals surface area contributed by atoms with Crippen molar-refractivity contribution in [1.29, 1.82) is 0 Å². The van der Waals surface area contributed by atoms with Gasteiger partial charge in [0.05, 0.1) is 22.9 Å². The van der Waals surface area contributed by atoms with Gasteiger partial charge in [0.1, 0.15) is 5.01 Å². The van der Waals surface area contributed by atoms with E-state index in [1.807, 2.05) is 29.8 Å². The van der Waals surface area contributed by atoms with Crippen LogP contribution in [0.3, 0.4) is 0 Å². The number of nitrogens with zero attached hydrogens (tertiary/aromatic N) is 2. The van der Waals surface area contributed by atoms with E-state index in [0.717, 1.165) is 22.0 Å². The topological polar surface area (TPSA) is 70.5 Å². The molecule has 0 bridgehead atoms. The van der Waals surface area contributed by atoms with Crippen LogP contribution in [-0.2, 0) is 16.0 Å². The highest BCUT2D eigenvalue weighted by Gasteiger charge is 2.32. The van der Waals surface area contributed by atoms with Crippen LogP contribution in [-0.4, -0.2) is 39.5 Å². The number of thiophene rings is 1. The van der Waals surface area contributed by atoms with Gasteiger partial charge >= 0.3 is 5.97 Å². The molecule has 3 rings (SSSR count). The van der Waals surface area contributed by atoms with E-state index in [0.29, 0.717) is 13.0 Å². The van der Waals surface area contributed by atoms with Crippen molar-refractivity contribution in [2.24, 2.45) is 5.92 Å². The predicted octanol–water partition coefficient (Wildman–Crippen LogP) is 3.13. The number of aliphatic carboxylic acids is 1. The molecule has 23 heavy (non-hydrogen) atoms. The molecule has 2 atom stereocenters. The van der Waals surface area contributed by atoms with Gasteiger partial charge in [-0.3, -0.25) is 9.59 Å². The molecule has 0 radical (unpaired) electrons. The highest BCUT2D eigenvalue weighted by atomic mass is 32.1. The van der Waals surface area contributed by atoms with Crippen molar-refractivity contribution >= 4 is 34.6 Å². The summed E-state index contributed by atoms with van der Waals surface area (Å²) in [6.45, 7) is 2.28. The van der Waals surface area contributed by atoms with Gasteiger partial charge in [-0.1, -0.05) is 6.07 Å². The van der Waals surface area contributed by atoms with Gasteiger partial charge in [-0.15, -0.1) is 22.7 Å². The van der Waals surface area contributed by atoms with Crippen molar-refractivity contribution in [3.8, 4) is 9.88 Å². The number of piperidine rings is 1. The first kappa shape index (κ1) is 16.1. The summed E-state index contributed by atoms with van der Waals surface area (Å²) >= 11 is 3.16. The number of carbonyl (C=O) groups excluding carboxylic acids is 1. The molecule has 1 aliphatic rings. The van der Waals surface area contributed by atoms with Crippen molar-refractivity contribution in [3.05, 3.63) is 28.6 Å². The Balaban J connectivity index is 1.67. The average Bonchev–Trinajstić information content (AvgIpc) is 3.18. The summed E-state index contributed by atoms with van der Waals surface area (Å²) in [4.78, 5) is 31.1. The molecule has 0 aromatic carbocycles. The summed E-state index contributed by atoms with van der Waals surface area (Å²) in [6, 6.07) is 4.08. The Morgan fingerprint density at radius 2 is 2.22 bits per heavy atom. The molecule has 122 valence electrons. The molecule has 0 aliphatic carbocycles. The molecule has 2 aromatic heterocycles. The molecule has 0 spiro atoms. The summed E-state index contributed by atoms with van der Waals surface area (Å²) < 4.78 is 0. The molecule has 0 saturated carbocycles. The lowest BCUT2D eigenvalue weighted by molar-refractivity contribution is -0.147. The van der Waals surface area contributed by atoms with Gasteiger partial charge < -0.3 is 10.0 Å². The van der Waals surface area contributed by atoms with Gasteiger partial charge in [0, 0.05) is 18.0 Å². The Morgan fingerprint density at radius 1 is 1.39 bits per heavy atom. The van der Waals surface area contributed by atoms with Crippen LogP contribution < -0.4 is 0 Å². The van der Waals surface area contributed by atoms with Crippen LogP contribution in [0.2, 0.25) is 0 Å². The third-order valence-corrected chi connectivity index (χ3v) is 6.10. The fourth-order valence-electron chi connectivity index (χ4n) is 2.81. The molecule has 1 N–H and O–H groups in total. The lowest BCUT2D eigenvalue weighted by Crippen LogP contribution is -2.47. The number of amides is 1. The molecule has 1 amide bonds. The van der Waals surface area contributed by atoms with Gasteiger partial charge in [0.2, 0.25) is 5.91 Å². The van der Waals surface area contributed by atoms with Gasteiger partial charge in [0.15, 0.2) is 0 Å². The molecule has 2 unspecified atom stereocenters. The first-order valence-corrected chi connectivity index (χ1v) is 9.31. The average molecular weight is 350 g/mol. The molecule has 1 fully saturated rings. The second kappa shape index (κ2) is 6.80. The largest absolute Gasteiger partial charge is 0.481 e. The summed E-state index contributed by atoms with van der Waals surface area (Å²) in [6.07, 6.45) is 1.61. The number of hydrogen-bond donors (Lipinski definition) is 1. The highest BCUT2D eigenvalue weighted by molar-refractivity contribution is 7.20. The van der Waals surface area contributed by atoms with Gasteiger partial charge in [-0.2, -0.15) is 0 Å². The minimum atomic E-state index is -0.816. The van der Waals surface area contributed by atoms with E-state index in [1.165, 1.54) is 11.3 Å². The van der Waals surface area contributed by atoms with Gasteiger partial charge in [-0.05, 0) is 31.2 Å². The van der Waals surface area contributed by atoms with Crippen molar-refractivity contribution < 1.29 is 14.7 Å². The number of hydrogen-bond acceptors (Lipinski definition) is 5. The lowest BCUT2D eigenvalue weighted by Gasteiger charge is -2.36. The normalized spacial score (nSPS) is 21.3. The fraction of sp³-hybridized carbons (Fsp3) is 0.438. The van der Waals surface area contributed by atoms with Crippen molar-refractivity contribution in [2.75, 3.05) is 6.54 Å². The zero-order valence-corrected chi connectivity index (χ0v) is 14.4. The summed E-state index contributed by atoms with van der Waals surface area (Å²) in [5.41, 5.74) is 0.757. The molecule has 1 aliphatic heterocycles. The van der Waals surface area contributed by atoms with E-state index in [1.54, 1.807) is 16.2 Å². The number of likely N-dealkylation sites (tertiary alicyclic amines) is 1. The van der Waals surface area contributed by atoms with E-state index in [4.69, 9.17) is 0 Å². The molecule has 7 heteroatoms. The number of carboxylic acids is 1. The third-order valence-electron chi connectivity index (χ3n) is 4.17. The molecular formula is C16H18N2O3S2. The quantitative estimate of drug-likeness (QED) is 0.920. The van der Waals surface area contributed by atoms with Crippen molar-refractivity contribution in [3.63, 3.8) is 0 Å². The lowest BCUT2D eigenvalue weighted by atomic mass is 9.93. The summed E-state index contributed by atoms with van der Waals surface area (Å²) in [5, 5.41) is 14.0. The zero-order chi connectivity index (χ0) is 16.4. The maximum atomic E-state index is 12.5. The van der Waals surface area contributed by atoms with Crippen molar-refractivity contribution in [1.82, 2.24) is 9.88 Å². The number of aromatic nitrogens is 1.